The van der Waals surface area contributed by atoms with E-state index in [-0.39, 0.29) is 17.6 Å². The van der Waals surface area contributed by atoms with Crippen LogP contribution in [0.15, 0.2) is 42.5 Å². The predicted octanol–water partition coefficient (Wildman–Crippen LogP) is 4.15. The average molecular weight is 318 g/mol. The van der Waals surface area contributed by atoms with E-state index in [1.807, 2.05) is 26.0 Å². The van der Waals surface area contributed by atoms with E-state index >= 15 is 0 Å². The van der Waals surface area contributed by atoms with Crippen LogP contribution in [0.3, 0.4) is 0 Å². The number of phenols is 1. The molecule has 0 aromatic heterocycles. The van der Waals surface area contributed by atoms with Gasteiger partial charge in [0, 0.05) is 5.92 Å². The van der Waals surface area contributed by atoms with Gasteiger partial charge < -0.3 is 15.3 Å². The van der Waals surface area contributed by atoms with Crippen LogP contribution in [-0.2, 0) is 0 Å². The first-order valence-electron chi connectivity index (χ1n) is 8.36. The Kier molecular flexibility index (Phi) is 8.07. The summed E-state index contributed by atoms with van der Waals surface area (Å²) in [5, 5.41) is 29.9. The van der Waals surface area contributed by atoms with E-state index in [0.29, 0.717) is 6.42 Å². The van der Waals surface area contributed by atoms with Gasteiger partial charge in [-0.2, -0.15) is 0 Å². The summed E-state index contributed by atoms with van der Waals surface area (Å²) in [6, 6.07) is 7.08. The maximum Gasteiger partial charge on any atom is 0.115 e. The van der Waals surface area contributed by atoms with Gasteiger partial charge in [-0.15, -0.1) is 6.58 Å². The largest absolute Gasteiger partial charge is 0.508 e. The maximum absolute atomic E-state index is 10.4. The lowest BCUT2D eigenvalue weighted by atomic mass is 9.86. The fourth-order valence-corrected chi connectivity index (χ4v) is 2.65. The van der Waals surface area contributed by atoms with Crippen molar-refractivity contribution in [2.45, 2.75) is 52.2 Å². The fraction of sp³-hybridized carbons (Fsp3) is 0.500. The van der Waals surface area contributed by atoms with Crippen molar-refractivity contribution in [2.24, 2.45) is 11.8 Å². The lowest BCUT2D eigenvalue weighted by molar-refractivity contribution is 0.00885. The molecular formula is C20H30O3. The molecule has 1 aromatic carbocycles. The average Bonchev–Trinajstić information content (AvgIpc) is 2.53. The zero-order valence-corrected chi connectivity index (χ0v) is 14.4. The Hall–Kier alpha value is -1.58. The third kappa shape index (κ3) is 6.20. The van der Waals surface area contributed by atoms with Crippen molar-refractivity contribution in [2.75, 3.05) is 0 Å². The van der Waals surface area contributed by atoms with Crippen molar-refractivity contribution in [3.8, 4) is 5.75 Å². The van der Waals surface area contributed by atoms with E-state index in [9.17, 15) is 15.3 Å². The van der Waals surface area contributed by atoms with E-state index in [4.69, 9.17) is 0 Å². The summed E-state index contributed by atoms with van der Waals surface area (Å²) in [7, 11) is 0. The molecule has 0 saturated heterocycles. The zero-order chi connectivity index (χ0) is 17.4. The van der Waals surface area contributed by atoms with Crippen molar-refractivity contribution < 1.29 is 15.3 Å². The van der Waals surface area contributed by atoms with Crippen LogP contribution in [0.2, 0.25) is 0 Å². The molecule has 3 nitrogen and oxygen atoms in total. The van der Waals surface area contributed by atoms with Crippen LogP contribution in [0.1, 0.15) is 45.6 Å². The van der Waals surface area contributed by atoms with Gasteiger partial charge in [0.05, 0.1) is 12.2 Å². The lowest BCUT2D eigenvalue weighted by Crippen LogP contribution is -2.33. The molecule has 1 aromatic rings. The summed E-state index contributed by atoms with van der Waals surface area (Å²) in [6.45, 7) is 9.72. The number of hydrogen-bond donors (Lipinski definition) is 3. The standard InChI is InChI=1S/C20H30O3/c1-5-15(13-16-7-10-17(21)11-8-16)9-12-19(22)18(6-2)20(23)14(3)4/h6-8,10-11,13-14,18-23H,2,5,9,12H2,1,3-4H3/b15-13+/t18-,19-,20-/m1/s1. The summed E-state index contributed by atoms with van der Waals surface area (Å²) in [5.41, 5.74) is 2.27. The minimum Gasteiger partial charge on any atom is -0.508 e. The van der Waals surface area contributed by atoms with E-state index < -0.39 is 12.2 Å². The molecule has 0 spiro atoms. The Balaban J connectivity index is 2.69. The van der Waals surface area contributed by atoms with Gasteiger partial charge in [-0.25, -0.2) is 0 Å². The Bertz CT molecular complexity index is 502. The number of aliphatic hydroxyl groups is 2. The Labute approximate surface area is 140 Å². The normalized spacial score (nSPS) is 16.2. The molecule has 23 heavy (non-hydrogen) atoms. The molecule has 0 amide bonds. The molecule has 128 valence electrons. The Morgan fingerprint density at radius 3 is 2.26 bits per heavy atom. The van der Waals surface area contributed by atoms with Crippen LogP contribution < -0.4 is 0 Å². The van der Waals surface area contributed by atoms with Gasteiger partial charge in [0.15, 0.2) is 0 Å². The third-order valence-electron chi connectivity index (χ3n) is 4.27. The van der Waals surface area contributed by atoms with E-state index in [1.165, 1.54) is 5.57 Å². The highest BCUT2D eigenvalue weighted by Crippen LogP contribution is 2.24. The van der Waals surface area contributed by atoms with Gasteiger partial charge in [-0.05, 0) is 42.9 Å². The number of aromatic hydroxyl groups is 1. The van der Waals surface area contributed by atoms with Crippen LogP contribution in [0.5, 0.6) is 5.75 Å². The van der Waals surface area contributed by atoms with Gasteiger partial charge in [0.2, 0.25) is 0 Å². The molecule has 0 aliphatic carbocycles. The minimum atomic E-state index is -0.598. The first kappa shape index (κ1) is 19.5. The molecule has 1 rings (SSSR count). The van der Waals surface area contributed by atoms with Gasteiger partial charge in [0.25, 0.3) is 0 Å². The number of benzene rings is 1. The molecule has 0 saturated carbocycles. The van der Waals surface area contributed by atoms with Gasteiger partial charge in [-0.1, -0.05) is 50.6 Å². The maximum atomic E-state index is 10.4. The van der Waals surface area contributed by atoms with Gasteiger partial charge in [-0.3, -0.25) is 0 Å². The zero-order valence-electron chi connectivity index (χ0n) is 14.4. The molecule has 0 radical (unpaired) electrons. The van der Waals surface area contributed by atoms with Crippen LogP contribution in [-0.4, -0.2) is 27.5 Å². The first-order chi connectivity index (χ1) is 10.9. The summed E-state index contributed by atoms with van der Waals surface area (Å²) >= 11 is 0. The molecule has 3 N–H and O–H groups in total. The quantitative estimate of drug-likeness (QED) is 0.600. The van der Waals surface area contributed by atoms with Crippen LogP contribution in [0, 0.1) is 11.8 Å². The number of hydrogen-bond acceptors (Lipinski definition) is 3. The molecule has 0 aliphatic rings. The molecule has 3 atom stereocenters. The van der Waals surface area contributed by atoms with Gasteiger partial charge in [0.1, 0.15) is 5.75 Å². The predicted molar refractivity (Wildman–Crippen MR) is 96.1 cm³/mol. The minimum absolute atomic E-state index is 0.0887. The second-order valence-electron chi connectivity index (χ2n) is 6.40. The van der Waals surface area contributed by atoms with E-state index in [1.54, 1.807) is 18.2 Å². The highest BCUT2D eigenvalue weighted by atomic mass is 16.3. The molecule has 3 heteroatoms. The summed E-state index contributed by atoms with van der Waals surface area (Å²) in [4.78, 5) is 0. The fourth-order valence-electron chi connectivity index (χ4n) is 2.65. The lowest BCUT2D eigenvalue weighted by Gasteiger charge is -2.27. The first-order valence-corrected chi connectivity index (χ1v) is 8.36. The van der Waals surface area contributed by atoms with Crippen molar-refractivity contribution in [1.82, 2.24) is 0 Å². The molecule has 0 aliphatic heterocycles. The van der Waals surface area contributed by atoms with Crippen molar-refractivity contribution in [1.29, 1.82) is 0 Å². The molecule has 0 fully saturated rings. The van der Waals surface area contributed by atoms with Crippen LogP contribution >= 0.6 is 0 Å². The molecule has 0 heterocycles. The molecule has 0 bridgehead atoms. The van der Waals surface area contributed by atoms with Gasteiger partial charge >= 0.3 is 0 Å². The second-order valence-corrected chi connectivity index (χ2v) is 6.40. The topological polar surface area (TPSA) is 60.7 Å². The van der Waals surface area contributed by atoms with Crippen LogP contribution in [0.4, 0.5) is 0 Å². The summed E-state index contributed by atoms with van der Waals surface area (Å²) < 4.78 is 0. The second kappa shape index (κ2) is 9.53. The third-order valence-corrected chi connectivity index (χ3v) is 4.27. The van der Waals surface area contributed by atoms with Crippen molar-refractivity contribution in [3.63, 3.8) is 0 Å². The highest BCUT2D eigenvalue weighted by Gasteiger charge is 2.26. The summed E-state index contributed by atoms with van der Waals surface area (Å²) in [5.74, 6) is 0.0414. The molecular weight excluding hydrogens is 288 g/mol. The van der Waals surface area contributed by atoms with Crippen molar-refractivity contribution >= 4 is 6.08 Å². The summed E-state index contributed by atoms with van der Waals surface area (Å²) in [6.07, 6.45) is 4.84. The van der Waals surface area contributed by atoms with Crippen LogP contribution in [0.25, 0.3) is 6.08 Å². The number of rotatable bonds is 9. The number of phenolic OH excluding ortho intramolecular Hbond substituents is 1. The Morgan fingerprint density at radius 1 is 1.17 bits per heavy atom. The highest BCUT2D eigenvalue weighted by molar-refractivity contribution is 5.53. The smallest absolute Gasteiger partial charge is 0.115 e. The van der Waals surface area contributed by atoms with E-state index in [0.717, 1.165) is 18.4 Å². The number of aliphatic hydroxyl groups excluding tert-OH is 2. The SMILES string of the molecule is C=C[C@H]([C@H](O)CC/C(=C/c1ccc(O)cc1)CC)[C@H](O)C(C)C. The van der Waals surface area contributed by atoms with E-state index in [2.05, 4.69) is 19.6 Å². The van der Waals surface area contributed by atoms with Crippen molar-refractivity contribution in [3.05, 3.63) is 48.1 Å². The monoisotopic (exact) mass is 318 g/mol. The number of allylic oxidation sites excluding steroid dienone is 1. The Morgan fingerprint density at radius 2 is 1.78 bits per heavy atom. The molecule has 0 unspecified atom stereocenters.